The van der Waals surface area contributed by atoms with Gasteiger partial charge in [0.2, 0.25) is 5.91 Å². The molecule has 2 aliphatic heterocycles. The van der Waals surface area contributed by atoms with Crippen molar-refractivity contribution in [1.29, 1.82) is 0 Å². The number of hydrogen-bond acceptors (Lipinski definition) is 6. The minimum absolute atomic E-state index is 0.00341. The molecule has 5 rings (SSSR count). The molecule has 1 aliphatic carbocycles. The first-order chi connectivity index (χ1) is 15.4. The van der Waals surface area contributed by atoms with Gasteiger partial charge in [0.15, 0.2) is 5.78 Å². The topological polar surface area (TPSA) is 117 Å². The molecule has 4 atom stereocenters. The van der Waals surface area contributed by atoms with E-state index >= 15 is 0 Å². The summed E-state index contributed by atoms with van der Waals surface area (Å²) < 4.78 is 5.53. The third-order valence-electron chi connectivity index (χ3n) is 7.07. The third kappa shape index (κ3) is 3.77. The van der Waals surface area contributed by atoms with Crippen molar-refractivity contribution in [3.63, 3.8) is 0 Å². The van der Waals surface area contributed by atoms with Crippen molar-refractivity contribution in [3.05, 3.63) is 23.8 Å². The van der Waals surface area contributed by atoms with Crippen LogP contribution in [0.25, 0.3) is 11.0 Å². The van der Waals surface area contributed by atoms with E-state index < -0.39 is 23.6 Å². The Morgan fingerprint density at radius 2 is 1.97 bits per heavy atom. The molecule has 3 fully saturated rings. The van der Waals surface area contributed by atoms with Crippen molar-refractivity contribution >= 4 is 40.2 Å². The smallest absolute Gasteiger partial charge is 0.252 e. The molecular weight excluding hydrogens is 434 g/mol. The molecule has 1 unspecified atom stereocenters. The predicted octanol–water partition coefficient (Wildman–Crippen LogP) is 1.67. The van der Waals surface area contributed by atoms with Crippen LogP contribution in [0.1, 0.15) is 43.0 Å². The number of carbonyl (C=O) groups is 3. The molecule has 9 nitrogen and oxygen atoms in total. The van der Waals surface area contributed by atoms with Gasteiger partial charge in [-0.2, -0.15) is 15.4 Å². The van der Waals surface area contributed by atoms with E-state index in [-0.39, 0.29) is 36.7 Å². The number of amides is 2. The molecule has 0 bridgehead atoms. The summed E-state index contributed by atoms with van der Waals surface area (Å²) in [6.45, 7) is 2.41. The van der Waals surface area contributed by atoms with Gasteiger partial charge >= 0.3 is 0 Å². The summed E-state index contributed by atoms with van der Waals surface area (Å²) in [7, 11) is 0. The highest BCUT2D eigenvalue weighted by atomic mass is 35.5. The van der Waals surface area contributed by atoms with Crippen LogP contribution in [0, 0.1) is 11.8 Å². The Labute approximate surface area is 190 Å². The largest absolute Gasteiger partial charge is 0.366 e. The van der Waals surface area contributed by atoms with Crippen molar-refractivity contribution in [3.8, 4) is 0 Å². The van der Waals surface area contributed by atoms with E-state index in [1.54, 1.807) is 18.2 Å². The van der Waals surface area contributed by atoms with Crippen LogP contribution in [0.15, 0.2) is 18.2 Å². The minimum Gasteiger partial charge on any atom is -0.366 e. The average molecular weight is 460 g/mol. The fraction of sp³-hybridized carbons (Fsp3) is 0.591. The predicted molar refractivity (Wildman–Crippen MR) is 116 cm³/mol. The number of nitrogens with one attached hydrogen (secondary N) is 2. The van der Waals surface area contributed by atoms with Gasteiger partial charge < -0.3 is 15.0 Å². The van der Waals surface area contributed by atoms with Crippen LogP contribution in [0.4, 0.5) is 0 Å². The number of hydrogen-bond donors (Lipinski definition) is 2. The molecule has 32 heavy (non-hydrogen) atoms. The van der Waals surface area contributed by atoms with Crippen molar-refractivity contribution in [2.75, 3.05) is 13.2 Å². The van der Waals surface area contributed by atoms with Gasteiger partial charge in [0.1, 0.15) is 35.8 Å². The van der Waals surface area contributed by atoms with E-state index in [0.717, 1.165) is 25.7 Å². The van der Waals surface area contributed by atoms with Crippen molar-refractivity contribution in [1.82, 2.24) is 25.6 Å². The van der Waals surface area contributed by atoms with E-state index in [1.165, 1.54) is 4.90 Å². The quantitative estimate of drug-likeness (QED) is 0.671. The molecule has 1 aromatic heterocycles. The number of aromatic nitrogens is 3. The zero-order valence-corrected chi connectivity index (χ0v) is 18.5. The molecule has 3 aliphatic rings. The van der Waals surface area contributed by atoms with Crippen LogP contribution in [-0.2, 0) is 14.3 Å². The molecule has 170 valence electrons. The molecule has 10 heteroatoms. The zero-order valence-electron chi connectivity index (χ0n) is 17.8. The van der Waals surface area contributed by atoms with Crippen LogP contribution in [0.3, 0.4) is 0 Å². The zero-order chi connectivity index (χ0) is 22.4. The van der Waals surface area contributed by atoms with E-state index in [0.29, 0.717) is 22.5 Å². The molecular formula is C22H26ClN5O4. The fourth-order valence-electron chi connectivity index (χ4n) is 5.21. The second-order valence-electron chi connectivity index (χ2n) is 9.19. The van der Waals surface area contributed by atoms with Crippen LogP contribution in [0.5, 0.6) is 0 Å². The second kappa shape index (κ2) is 8.44. The number of H-pyrrole nitrogens is 1. The summed E-state index contributed by atoms with van der Waals surface area (Å²) in [6.07, 6.45) is 3.21. The Bertz CT molecular complexity index is 1050. The standard InChI is InChI=1S/C22H26ClN5O4/c1-11-2-4-12(5-3-11)18(22(31)28-9-14(23)20-19(28)17(29)10-32-20)24-21(30)13-6-7-15-16(8-13)26-27-25-15/h6-8,11-12,14,18-20H,2-5,9-10H2,1H3,(H,24,30)(H,25,26,27)/t11?,12?,14-,18?,19+,20+/m0/s1. The third-order valence-corrected chi connectivity index (χ3v) is 7.46. The van der Waals surface area contributed by atoms with Crippen molar-refractivity contribution < 1.29 is 19.1 Å². The molecule has 1 aromatic carbocycles. The Hall–Kier alpha value is -2.52. The maximum absolute atomic E-state index is 13.7. The fourth-order valence-corrected chi connectivity index (χ4v) is 5.57. The summed E-state index contributed by atoms with van der Waals surface area (Å²) in [5.74, 6) is -0.133. The number of alkyl halides is 1. The number of likely N-dealkylation sites (tertiary alicyclic amines) is 1. The molecule has 0 radical (unpaired) electrons. The molecule has 2 saturated heterocycles. The van der Waals surface area contributed by atoms with Gasteiger partial charge in [-0.15, -0.1) is 11.6 Å². The van der Waals surface area contributed by atoms with Gasteiger partial charge in [-0.25, -0.2) is 0 Å². The maximum Gasteiger partial charge on any atom is 0.252 e. The first-order valence-electron chi connectivity index (χ1n) is 11.1. The van der Waals surface area contributed by atoms with Crippen LogP contribution in [-0.4, -0.2) is 74.6 Å². The van der Waals surface area contributed by atoms with Crippen LogP contribution in [0.2, 0.25) is 0 Å². The molecule has 0 spiro atoms. The Balaban J connectivity index is 1.40. The Morgan fingerprint density at radius 1 is 1.22 bits per heavy atom. The summed E-state index contributed by atoms with van der Waals surface area (Å²) in [5, 5.41) is 13.1. The molecule has 2 aromatic rings. The average Bonchev–Trinajstić information content (AvgIpc) is 3.49. The lowest BCUT2D eigenvalue weighted by atomic mass is 9.78. The summed E-state index contributed by atoms with van der Waals surface area (Å²) in [5.41, 5.74) is 1.64. The highest BCUT2D eigenvalue weighted by Crippen LogP contribution is 2.35. The highest BCUT2D eigenvalue weighted by molar-refractivity contribution is 6.22. The summed E-state index contributed by atoms with van der Waals surface area (Å²) in [6, 6.07) is 3.63. The number of Topliss-reactive ketones (excluding diaryl/α,β-unsaturated/α-hetero) is 1. The minimum atomic E-state index is -0.723. The molecule has 1 saturated carbocycles. The number of halogens is 1. The highest BCUT2D eigenvalue weighted by Gasteiger charge is 2.53. The van der Waals surface area contributed by atoms with Crippen molar-refractivity contribution in [2.24, 2.45) is 11.8 Å². The Morgan fingerprint density at radius 3 is 2.75 bits per heavy atom. The first kappa shape index (κ1) is 21.3. The second-order valence-corrected chi connectivity index (χ2v) is 9.75. The van der Waals surface area contributed by atoms with Crippen LogP contribution < -0.4 is 5.32 Å². The number of ketones is 1. The molecule has 2 N–H and O–H groups in total. The van der Waals surface area contributed by atoms with Gasteiger partial charge in [-0.05, 0) is 42.9 Å². The lowest BCUT2D eigenvalue weighted by Gasteiger charge is -2.35. The molecule has 2 amide bonds. The molecule has 3 heterocycles. The van der Waals surface area contributed by atoms with Crippen molar-refractivity contribution in [2.45, 2.75) is 56.2 Å². The van der Waals surface area contributed by atoms with Gasteiger partial charge in [-0.3, -0.25) is 14.4 Å². The Kier molecular flexibility index (Phi) is 5.63. The number of ether oxygens (including phenoxy) is 1. The maximum atomic E-state index is 13.7. The number of carbonyl (C=O) groups excluding carboxylic acids is 3. The monoisotopic (exact) mass is 459 g/mol. The van der Waals surface area contributed by atoms with Gasteiger partial charge in [0, 0.05) is 12.1 Å². The summed E-state index contributed by atoms with van der Waals surface area (Å²) in [4.78, 5) is 40.8. The van der Waals surface area contributed by atoms with E-state index in [4.69, 9.17) is 16.3 Å². The number of benzene rings is 1. The summed E-state index contributed by atoms with van der Waals surface area (Å²) >= 11 is 6.40. The van der Waals surface area contributed by atoms with E-state index in [9.17, 15) is 14.4 Å². The lowest BCUT2D eigenvalue weighted by molar-refractivity contribution is -0.139. The number of fused-ring (bicyclic) bond motifs is 2. The first-order valence-corrected chi connectivity index (χ1v) is 11.6. The van der Waals surface area contributed by atoms with Gasteiger partial charge in [-0.1, -0.05) is 19.8 Å². The van der Waals surface area contributed by atoms with E-state index in [1.807, 2.05) is 0 Å². The number of nitrogens with zero attached hydrogens (tertiary/aromatic N) is 3. The normalized spacial score (nSPS) is 31.0. The SMILES string of the molecule is CC1CCC(C(NC(=O)c2ccc3n[nH]nc3c2)C(=O)N2C[C@H](Cl)[C@H]3OCC(=O)[C@H]32)CC1. The number of aromatic amines is 1. The van der Waals surface area contributed by atoms with E-state index in [2.05, 4.69) is 27.7 Å². The lowest BCUT2D eigenvalue weighted by Crippen LogP contribution is -2.55. The van der Waals surface area contributed by atoms with Gasteiger partial charge in [0.25, 0.3) is 5.91 Å². The van der Waals surface area contributed by atoms with Gasteiger partial charge in [0.05, 0.1) is 5.38 Å². The van der Waals surface area contributed by atoms with Crippen LogP contribution >= 0.6 is 11.6 Å². The number of rotatable bonds is 4.